The van der Waals surface area contributed by atoms with Gasteiger partial charge in [0.1, 0.15) is 6.33 Å². The molecule has 8 heteroatoms. The maximum absolute atomic E-state index is 11.9. The molecule has 0 aliphatic rings. The van der Waals surface area contributed by atoms with Crippen molar-refractivity contribution in [2.75, 3.05) is 5.75 Å². The van der Waals surface area contributed by atoms with Crippen molar-refractivity contribution in [1.82, 2.24) is 14.8 Å². The Kier molecular flexibility index (Phi) is 3.91. The quantitative estimate of drug-likeness (QED) is 0.358. The second-order valence-corrected chi connectivity index (χ2v) is 4.63. The second kappa shape index (κ2) is 5.61. The molecule has 0 saturated heterocycles. The van der Waals surface area contributed by atoms with Gasteiger partial charge in [0, 0.05) is 24.7 Å². The van der Waals surface area contributed by atoms with E-state index in [0.717, 1.165) is 0 Å². The molecule has 0 bridgehead atoms. The number of carbonyl (C=O) groups is 1. The number of non-ortho nitro benzene ring substituents is 1. The number of benzene rings is 1. The lowest BCUT2D eigenvalue weighted by atomic mass is 10.1. The van der Waals surface area contributed by atoms with Crippen molar-refractivity contribution < 1.29 is 9.72 Å². The minimum Gasteiger partial charge on any atom is -0.293 e. The Morgan fingerprint density at radius 1 is 1.53 bits per heavy atom. The summed E-state index contributed by atoms with van der Waals surface area (Å²) in [6.45, 7) is 0. The highest BCUT2D eigenvalue weighted by atomic mass is 32.2. The Hall–Kier alpha value is -2.22. The average Bonchev–Trinajstić information content (AvgIpc) is 2.81. The Morgan fingerprint density at radius 3 is 2.95 bits per heavy atom. The molecule has 0 amide bonds. The van der Waals surface area contributed by atoms with Crippen molar-refractivity contribution in [2.24, 2.45) is 7.05 Å². The number of hydrogen-bond acceptors (Lipinski definition) is 6. The van der Waals surface area contributed by atoms with Gasteiger partial charge >= 0.3 is 0 Å². The Morgan fingerprint density at radius 2 is 2.32 bits per heavy atom. The minimum atomic E-state index is -0.521. The molecule has 1 heterocycles. The van der Waals surface area contributed by atoms with E-state index in [-0.39, 0.29) is 17.2 Å². The fourth-order valence-electron chi connectivity index (χ4n) is 1.42. The molecule has 2 aromatic rings. The number of thioether (sulfide) groups is 1. The van der Waals surface area contributed by atoms with Gasteiger partial charge in [0.05, 0.1) is 10.7 Å². The van der Waals surface area contributed by atoms with Gasteiger partial charge in [-0.1, -0.05) is 23.9 Å². The molecule has 0 atom stereocenters. The lowest BCUT2D eigenvalue weighted by molar-refractivity contribution is -0.384. The van der Waals surface area contributed by atoms with Crippen LogP contribution in [0.4, 0.5) is 5.69 Å². The monoisotopic (exact) mass is 278 g/mol. The van der Waals surface area contributed by atoms with E-state index in [0.29, 0.717) is 10.7 Å². The van der Waals surface area contributed by atoms with Crippen LogP contribution in [0.2, 0.25) is 0 Å². The van der Waals surface area contributed by atoms with E-state index in [2.05, 4.69) is 10.1 Å². The minimum absolute atomic E-state index is 0.0884. The molecule has 0 saturated carbocycles. The van der Waals surface area contributed by atoms with Gasteiger partial charge in [-0.2, -0.15) is 5.10 Å². The maximum atomic E-state index is 11.9. The summed E-state index contributed by atoms with van der Waals surface area (Å²) >= 11 is 1.24. The van der Waals surface area contributed by atoms with Crippen LogP contribution < -0.4 is 0 Å². The van der Waals surface area contributed by atoms with Crippen LogP contribution in [-0.4, -0.2) is 31.2 Å². The van der Waals surface area contributed by atoms with Gasteiger partial charge in [-0.15, -0.1) is 0 Å². The van der Waals surface area contributed by atoms with Gasteiger partial charge in [-0.3, -0.25) is 14.9 Å². The molecular formula is C11H10N4O3S. The molecule has 1 aromatic heterocycles. The van der Waals surface area contributed by atoms with Crippen molar-refractivity contribution in [1.29, 1.82) is 0 Å². The summed E-state index contributed by atoms with van der Waals surface area (Å²) in [5.74, 6) is -0.0232. The number of nitro benzene ring substituents is 1. The van der Waals surface area contributed by atoms with Gasteiger partial charge in [-0.25, -0.2) is 9.67 Å². The highest BCUT2D eigenvalue weighted by Crippen LogP contribution is 2.18. The first-order valence-corrected chi connectivity index (χ1v) is 6.31. The van der Waals surface area contributed by atoms with Crippen molar-refractivity contribution in [3.8, 4) is 0 Å². The predicted octanol–water partition coefficient (Wildman–Crippen LogP) is 1.70. The van der Waals surface area contributed by atoms with Crippen molar-refractivity contribution in [3.05, 3.63) is 46.3 Å². The summed E-state index contributed by atoms with van der Waals surface area (Å²) in [5.41, 5.74) is 0.235. The summed E-state index contributed by atoms with van der Waals surface area (Å²) < 4.78 is 1.56. The topological polar surface area (TPSA) is 90.9 Å². The van der Waals surface area contributed by atoms with Crippen LogP contribution in [0.25, 0.3) is 0 Å². The lowest BCUT2D eigenvalue weighted by Crippen LogP contribution is -2.04. The third kappa shape index (κ3) is 3.16. The molecular weight excluding hydrogens is 268 g/mol. The zero-order valence-corrected chi connectivity index (χ0v) is 10.8. The number of carbonyl (C=O) groups excluding carboxylic acids is 1. The van der Waals surface area contributed by atoms with Crippen molar-refractivity contribution >= 4 is 23.2 Å². The molecule has 7 nitrogen and oxygen atoms in total. The van der Waals surface area contributed by atoms with Crippen LogP contribution in [0.5, 0.6) is 0 Å². The maximum Gasteiger partial charge on any atom is 0.270 e. The summed E-state index contributed by atoms with van der Waals surface area (Å²) in [6.07, 6.45) is 1.40. The fourth-order valence-corrected chi connectivity index (χ4v) is 2.21. The van der Waals surface area contributed by atoms with Gasteiger partial charge in [-0.05, 0) is 0 Å². The first-order valence-electron chi connectivity index (χ1n) is 5.32. The molecule has 0 N–H and O–H groups in total. The van der Waals surface area contributed by atoms with E-state index < -0.39 is 4.92 Å². The standard InChI is InChI=1S/C11H10N4O3S/c1-14-11(12-7-13-14)19-6-10(16)8-3-2-4-9(5-8)15(17)18/h2-5,7H,6H2,1H3. The van der Waals surface area contributed by atoms with Gasteiger partial charge in [0.15, 0.2) is 10.9 Å². The highest BCUT2D eigenvalue weighted by molar-refractivity contribution is 7.99. The smallest absolute Gasteiger partial charge is 0.270 e. The Balaban J connectivity index is 2.06. The Bertz CT molecular complexity index is 626. The molecule has 2 rings (SSSR count). The molecule has 0 unspecified atom stereocenters. The van der Waals surface area contributed by atoms with E-state index in [1.165, 1.54) is 36.3 Å². The van der Waals surface area contributed by atoms with E-state index in [9.17, 15) is 14.9 Å². The molecule has 0 aliphatic heterocycles. The molecule has 98 valence electrons. The SMILES string of the molecule is Cn1ncnc1SCC(=O)c1cccc([N+](=O)[O-])c1. The van der Waals surface area contributed by atoms with E-state index in [1.54, 1.807) is 17.8 Å². The summed E-state index contributed by atoms with van der Waals surface area (Å²) in [4.78, 5) is 26.0. The van der Waals surface area contributed by atoms with Crippen LogP contribution >= 0.6 is 11.8 Å². The number of nitrogens with zero attached hydrogens (tertiary/aromatic N) is 4. The van der Waals surface area contributed by atoms with Crippen LogP contribution in [0.1, 0.15) is 10.4 Å². The number of aryl methyl sites for hydroxylation is 1. The van der Waals surface area contributed by atoms with Crippen LogP contribution in [0, 0.1) is 10.1 Å². The zero-order valence-electron chi connectivity index (χ0n) is 10.0. The van der Waals surface area contributed by atoms with E-state index in [4.69, 9.17) is 0 Å². The summed E-state index contributed by atoms with van der Waals surface area (Å²) in [5, 5.41) is 15.1. The van der Waals surface area contributed by atoms with Crippen molar-refractivity contribution in [3.63, 3.8) is 0 Å². The molecule has 0 spiro atoms. The number of rotatable bonds is 5. The van der Waals surface area contributed by atoms with E-state index in [1.807, 2.05) is 0 Å². The van der Waals surface area contributed by atoms with Gasteiger partial charge in [0.2, 0.25) is 0 Å². The number of nitro groups is 1. The van der Waals surface area contributed by atoms with Crippen LogP contribution in [-0.2, 0) is 7.05 Å². The molecule has 1 aromatic carbocycles. The molecule has 0 fully saturated rings. The second-order valence-electron chi connectivity index (χ2n) is 3.69. The highest BCUT2D eigenvalue weighted by Gasteiger charge is 2.13. The first-order chi connectivity index (χ1) is 9.08. The van der Waals surface area contributed by atoms with Gasteiger partial charge in [0.25, 0.3) is 5.69 Å². The molecule has 19 heavy (non-hydrogen) atoms. The lowest BCUT2D eigenvalue weighted by Gasteiger charge is -2.01. The molecule has 0 aliphatic carbocycles. The zero-order chi connectivity index (χ0) is 13.8. The Labute approximate surface area is 112 Å². The largest absolute Gasteiger partial charge is 0.293 e. The number of aromatic nitrogens is 3. The fraction of sp³-hybridized carbons (Fsp3) is 0.182. The number of ketones is 1. The number of Topliss-reactive ketones (excluding diaryl/α,β-unsaturated/α-hetero) is 1. The predicted molar refractivity (Wildman–Crippen MR) is 69.2 cm³/mol. The van der Waals surface area contributed by atoms with Crippen LogP contribution in [0.3, 0.4) is 0 Å². The van der Waals surface area contributed by atoms with Crippen LogP contribution in [0.15, 0.2) is 35.7 Å². The summed E-state index contributed by atoms with van der Waals surface area (Å²) in [6, 6.07) is 5.69. The van der Waals surface area contributed by atoms with E-state index >= 15 is 0 Å². The first kappa shape index (κ1) is 13.2. The third-order valence-corrected chi connectivity index (χ3v) is 3.42. The third-order valence-electron chi connectivity index (χ3n) is 2.38. The average molecular weight is 278 g/mol. The van der Waals surface area contributed by atoms with Crippen molar-refractivity contribution in [2.45, 2.75) is 5.16 Å². The number of hydrogen-bond donors (Lipinski definition) is 0. The molecule has 0 radical (unpaired) electrons. The van der Waals surface area contributed by atoms with Gasteiger partial charge < -0.3 is 0 Å². The summed E-state index contributed by atoms with van der Waals surface area (Å²) in [7, 11) is 1.73. The normalized spacial score (nSPS) is 10.4.